The predicted molar refractivity (Wildman–Crippen MR) is 138 cm³/mol. The van der Waals surface area contributed by atoms with Crippen molar-refractivity contribution in [2.24, 2.45) is 4.99 Å². The summed E-state index contributed by atoms with van der Waals surface area (Å²) in [6, 6.07) is 9.10. The number of halogens is 1. The molecule has 0 spiro atoms. The molecule has 0 saturated carbocycles. The minimum Gasteiger partial charge on any atom is -0.375 e. The van der Waals surface area contributed by atoms with E-state index in [1.807, 2.05) is 21.0 Å². The molecule has 1 N–H and O–H groups in total. The molecule has 0 bridgehead atoms. The molecule has 1 heterocycles. The van der Waals surface area contributed by atoms with Crippen molar-refractivity contribution in [3.8, 4) is 0 Å². The van der Waals surface area contributed by atoms with E-state index in [2.05, 4.69) is 75.6 Å². The summed E-state index contributed by atoms with van der Waals surface area (Å²) in [5.41, 5.74) is 3.66. The summed E-state index contributed by atoms with van der Waals surface area (Å²) in [5.74, 6) is 0.853. The Balaban J connectivity index is 0.00000450. The Kier molecular flexibility index (Phi) is 11.8. The van der Waals surface area contributed by atoms with Gasteiger partial charge in [-0.15, -0.1) is 35.3 Å². The van der Waals surface area contributed by atoms with Crippen molar-refractivity contribution in [1.82, 2.24) is 20.1 Å². The van der Waals surface area contributed by atoms with Crippen LogP contribution in [0, 0.1) is 0 Å². The van der Waals surface area contributed by atoms with Crippen LogP contribution in [0.25, 0.3) is 0 Å². The van der Waals surface area contributed by atoms with Gasteiger partial charge in [0.15, 0.2) is 5.96 Å². The lowest BCUT2D eigenvalue weighted by molar-refractivity contribution is 0.119. The first-order chi connectivity index (χ1) is 13.8. The van der Waals surface area contributed by atoms with E-state index in [1.54, 1.807) is 18.4 Å². The molecule has 0 aliphatic rings. The van der Waals surface area contributed by atoms with Crippen LogP contribution in [-0.4, -0.2) is 55.0 Å². The molecule has 0 saturated heterocycles. The number of hydrogen-bond acceptors (Lipinski definition) is 5. The van der Waals surface area contributed by atoms with Gasteiger partial charge in [-0.2, -0.15) is 0 Å². The smallest absolute Gasteiger partial charge is 0.194 e. The number of thiazole rings is 1. The standard InChI is InChI=1S/C22H35N5OS.HI/c1-16(2)26(5)13-19-11-9-8-10-18(19)12-24-22(23-4)27(6)14-20-15-29-21(25-20)17(3)28-7;/h8-11,15-17H,12-14H2,1-7H3,(H,23,24);1H. The first kappa shape index (κ1) is 26.8. The van der Waals surface area contributed by atoms with Crippen molar-refractivity contribution in [2.45, 2.75) is 52.6 Å². The SMILES string of the molecule is CN=C(NCc1ccccc1CN(C)C(C)C)N(C)Cc1csc(C(C)OC)n1.I. The number of aromatic nitrogens is 1. The fourth-order valence-corrected chi connectivity index (χ4v) is 3.74. The Morgan fingerprint density at radius 2 is 1.83 bits per heavy atom. The van der Waals surface area contributed by atoms with Crippen molar-refractivity contribution in [3.63, 3.8) is 0 Å². The molecule has 6 nitrogen and oxygen atoms in total. The number of aliphatic imine (C=N–C) groups is 1. The number of guanidine groups is 1. The molecule has 0 radical (unpaired) electrons. The highest BCUT2D eigenvalue weighted by Crippen LogP contribution is 2.21. The summed E-state index contributed by atoms with van der Waals surface area (Å²) < 4.78 is 5.36. The van der Waals surface area contributed by atoms with Gasteiger partial charge in [-0.1, -0.05) is 24.3 Å². The lowest BCUT2D eigenvalue weighted by Gasteiger charge is -2.24. The number of nitrogens with one attached hydrogen (secondary N) is 1. The normalized spacial score (nSPS) is 12.8. The maximum Gasteiger partial charge on any atom is 0.194 e. The van der Waals surface area contributed by atoms with E-state index >= 15 is 0 Å². The molecule has 0 aliphatic heterocycles. The Hall–Kier alpha value is -1.23. The van der Waals surface area contributed by atoms with E-state index in [0.29, 0.717) is 12.6 Å². The fraction of sp³-hybridized carbons (Fsp3) is 0.545. The number of hydrogen-bond donors (Lipinski definition) is 1. The van der Waals surface area contributed by atoms with Gasteiger partial charge in [-0.25, -0.2) is 4.98 Å². The third-order valence-electron chi connectivity index (χ3n) is 5.10. The zero-order valence-electron chi connectivity index (χ0n) is 19.2. The molecule has 30 heavy (non-hydrogen) atoms. The summed E-state index contributed by atoms with van der Waals surface area (Å²) in [5, 5.41) is 6.59. The van der Waals surface area contributed by atoms with Crippen molar-refractivity contribution < 1.29 is 4.74 Å². The topological polar surface area (TPSA) is 53.0 Å². The molecule has 1 aromatic heterocycles. The summed E-state index contributed by atoms with van der Waals surface area (Å²) in [6.07, 6.45) is 0.0250. The van der Waals surface area contributed by atoms with Gasteiger partial charge in [0.1, 0.15) is 11.1 Å². The second-order valence-electron chi connectivity index (χ2n) is 7.59. The van der Waals surface area contributed by atoms with Crippen molar-refractivity contribution in [3.05, 3.63) is 51.5 Å². The van der Waals surface area contributed by atoms with Gasteiger partial charge in [0, 0.05) is 45.7 Å². The average molecular weight is 546 g/mol. The molecule has 1 aromatic carbocycles. The summed E-state index contributed by atoms with van der Waals surface area (Å²) in [6.45, 7) is 8.82. The Morgan fingerprint density at radius 3 is 2.43 bits per heavy atom. The highest BCUT2D eigenvalue weighted by atomic mass is 127. The second-order valence-corrected chi connectivity index (χ2v) is 8.48. The summed E-state index contributed by atoms with van der Waals surface area (Å²) >= 11 is 1.64. The first-order valence-electron chi connectivity index (χ1n) is 10.0. The van der Waals surface area contributed by atoms with Gasteiger partial charge in [-0.3, -0.25) is 9.89 Å². The minimum atomic E-state index is 0. The van der Waals surface area contributed by atoms with Crippen molar-refractivity contribution >= 4 is 41.3 Å². The predicted octanol–water partition coefficient (Wildman–Crippen LogP) is 4.52. The molecule has 2 aromatic rings. The minimum absolute atomic E-state index is 0. The fourth-order valence-electron chi connectivity index (χ4n) is 2.90. The highest BCUT2D eigenvalue weighted by molar-refractivity contribution is 14.0. The van der Waals surface area contributed by atoms with Crippen LogP contribution in [-0.2, 0) is 24.4 Å². The van der Waals surface area contributed by atoms with Crippen LogP contribution >= 0.6 is 35.3 Å². The zero-order valence-corrected chi connectivity index (χ0v) is 22.3. The number of ether oxygens (including phenoxy) is 1. The lowest BCUT2D eigenvalue weighted by atomic mass is 10.1. The van der Waals surface area contributed by atoms with E-state index in [1.165, 1.54) is 11.1 Å². The van der Waals surface area contributed by atoms with Gasteiger partial charge in [0.25, 0.3) is 0 Å². The average Bonchev–Trinajstić information content (AvgIpc) is 3.17. The molecular formula is C22H36IN5OS. The molecule has 0 aliphatic carbocycles. The largest absolute Gasteiger partial charge is 0.375 e. The van der Waals surface area contributed by atoms with E-state index in [-0.39, 0.29) is 30.1 Å². The van der Waals surface area contributed by atoms with Gasteiger partial charge in [0.05, 0.1) is 12.2 Å². The maximum atomic E-state index is 5.36. The van der Waals surface area contributed by atoms with Gasteiger partial charge >= 0.3 is 0 Å². The number of benzene rings is 1. The van der Waals surface area contributed by atoms with Crippen LogP contribution in [0.4, 0.5) is 0 Å². The maximum absolute atomic E-state index is 5.36. The molecule has 0 amide bonds. The van der Waals surface area contributed by atoms with E-state index in [9.17, 15) is 0 Å². The third-order valence-corrected chi connectivity index (χ3v) is 6.15. The van der Waals surface area contributed by atoms with Crippen LogP contribution in [0.5, 0.6) is 0 Å². The molecule has 0 fully saturated rings. The van der Waals surface area contributed by atoms with Crippen LogP contribution in [0.1, 0.15) is 48.7 Å². The zero-order chi connectivity index (χ0) is 21.4. The molecule has 1 unspecified atom stereocenters. The van der Waals surface area contributed by atoms with E-state index in [0.717, 1.165) is 29.8 Å². The first-order valence-corrected chi connectivity index (χ1v) is 10.9. The quantitative estimate of drug-likeness (QED) is 0.286. The molecule has 8 heteroatoms. The molecule has 2 rings (SSSR count). The Labute approximate surface area is 202 Å². The number of nitrogens with zero attached hydrogens (tertiary/aromatic N) is 4. The van der Waals surface area contributed by atoms with Gasteiger partial charge in [-0.05, 0) is 38.9 Å². The van der Waals surface area contributed by atoms with Crippen LogP contribution in [0.15, 0.2) is 34.6 Å². The second kappa shape index (κ2) is 13.2. The highest BCUT2D eigenvalue weighted by Gasteiger charge is 2.13. The Morgan fingerprint density at radius 1 is 1.17 bits per heavy atom. The number of methoxy groups -OCH3 is 1. The van der Waals surface area contributed by atoms with Crippen molar-refractivity contribution in [2.75, 3.05) is 28.3 Å². The monoisotopic (exact) mass is 545 g/mol. The molecule has 168 valence electrons. The summed E-state index contributed by atoms with van der Waals surface area (Å²) in [4.78, 5) is 13.6. The van der Waals surface area contributed by atoms with Gasteiger partial charge < -0.3 is 15.0 Å². The van der Waals surface area contributed by atoms with Crippen molar-refractivity contribution in [1.29, 1.82) is 0 Å². The third kappa shape index (κ3) is 7.79. The van der Waals surface area contributed by atoms with Crippen LogP contribution in [0.2, 0.25) is 0 Å². The molecule has 1 atom stereocenters. The molecular weight excluding hydrogens is 509 g/mol. The van der Waals surface area contributed by atoms with E-state index < -0.39 is 0 Å². The van der Waals surface area contributed by atoms with E-state index in [4.69, 9.17) is 4.74 Å². The lowest BCUT2D eigenvalue weighted by Crippen LogP contribution is -2.38. The van der Waals surface area contributed by atoms with Crippen LogP contribution in [0.3, 0.4) is 0 Å². The van der Waals surface area contributed by atoms with Gasteiger partial charge in [0.2, 0.25) is 0 Å². The Bertz CT molecular complexity index is 795. The summed E-state index contributed by atoms with van der Waals surface area (Å²) in [7, 11) is 7.72. The number of rotatable bonds is 9. The van der Waals surface area contributed by atoms with Crippen LogP contribution < -0.4 is 5.32 Å².